The van der Waals surface area contributed by atoms with Crippen LogP contribution in [0, 0.1) is 0 Å². The van der Waals surface area contributed by atoms with Gasteiger partial charge in [0.2, 0.25) is 11.7 Å². The number of rotatable bonds is 7. The Balaban J connectivity index is 1.91. The van der Waals surface area contributed by atoms with Crippen LogP contribution in [0.25, 0.3) is 6.08 Å². The van der Waals surface area contributed by atoms with Crippen LogP contribution >= 0.6 is 0 Å². The lowest BCUT2D eigenvalue weighted by atomic mass is 10.1. The number of fused-ring (bicyclic) bond motifs is 1. The third-order valence-electron chi connectivity index (χ3n) is 4.97. The van der Waals surface area contributed by atoms with E-state index in [9.17, 15) is 9.59 Å². The molecule has 1 heterocycles. The van der Waals surface area contributed by atoms with Crippen LogP contribution in [-0.2, 0) is 16.0 Å². The molecule has 0 spiro atoms. The Bertz CT molecular complexity index is 945. The molecule has 1 atom stereocenters. The van der Waals surface area contributed by atoms with Crippen molar-refractivity contribution in [3.8, 4) is 17.2 Å². The molecule has 0 bridgehead atoms. The average molecular weight is 410 g/mol. The summed E-state index contributed by atoms with van der Waals surface area (Å²) in [6.07, 6.45) is 3.61. The second kappa shape index (κ2) is 9.35. The first-order valence-electron chi connectivity index (χ1n) is 9.70. The minimum absolute atomic E-state index is 0.164. The largest absolute Gasteiger partial charge is 0.493 e. The lowest BCUT2D eigenvalue weighted by Crippen LogP contribution is -2.47. The van der Waals surface area contributed by atoms with Gasteiger partial charge in [0, 0.05) is 24.7 Å². The van der Waals surface area contributed by atoms with Gasteiger partial charge in [-0.15, -0.1) is 0 Å². The van der Waals surface area contributed by atoms with Crippen LogP contribution in [0.2, 0.25) is 0 Å². The third kappa shape index (κ3) is 4.10. The zero-order valence-electron chi connectivity index (χ0n) is 17.6. The van der Waals surface area contributed by atoms with Crippen LogP contribution in [0.5, 0.6) is 17.2 Å². The van der Waals surface area contributed by atoms with Gasteiger partial charge < -0.3 is 19.5 Å². The number of benzene rings is 2. The predicted molar refractivity (Wildman–Crippen MR) is 115 cm³/mol. The molecule has 30 heavy (non-hydrogen) atoms. The van der Waals surface area contributed by atoms with E-state index in [0.29, 0.717) is 35.8 Å². The Kier molecular flexibility index (Phi) is 6.61. The molecule has 2 amide bonds. The highest BCUT2D eigenvalue weighted by Crippen LogP contribution is 2.38. The molecule has 0 fully saturated rings. The summed E-state index contributed by atoms with van der Waals surface area (Å²) in [6.45, 7) is 2.37. The molecule has 7 nitrogen and oxygen atoms in total. The molecule has 2 aromatic rings. The molecule has 0 aliphatic carbocycles. The minimum Gasteiger partial charge on any atom is -0.493 e. The van der Waals surface area contributed by atoms with Crippen LogP contribution in [0.3, 0.4) is 0 Å². The van der Waals surface area contributed by atoms with E-state index >= 15 is 0 Å². The molecule has 0 radical (unpaired) electrons. The molecule has 3 rings (SSSR count). The Labute approximate surface area is 176 Å². The second-order valence-corrected chi connectivity index (χ2v) is 6.74. The van der Waals surface area contributed by atoms with Crippen molar-refractivity contribution in [3.63, 3.8) is 0 Å². The monoisotopic (exact) mass is 410 g/mol. The molecule has 158 valence electrons. The lowest BCUT2D eigenvalue weighted by molar-refractivity contribution is -0.124. The molecule has 2 aromatic carbocycles. The number of methoxy groups -OCH3 is 3. The summed E-state index contributed by atoms with van der Waals surface area (Å²) >= 11 is 0. The van der Waals surface area contributed by atoms with E-state index in [1.807, 2.05) is 31.2 Å². The van der Waals surface area contributed by atoms with E-state index in [2.05, 4.69) is 5.32 Å². The average Bonchev–Trinajstić information content (AvgIpc) is 3.16. The van der Waals surface area contributed by atoms with Gasteiger partial charge in [0.25, 0.3) is 5.91 Å². The van der Waals surface area contributed by atoms with Crippen LogP contribution in [-0.4, -0.2) is 45.7 Å². The van der Waals surface area contributed by atoms with E-state index in [-0.39, 0.29) is 11.8 Å². The van der Waals surface area contributed by atoms with Crippen LogP contribution in [0.1, 0.15) is 18.1 Å². The van der Waals surface area contributed by atoms with Gasteiger partial charge >= 0.3 is 0 Å². The summed E-state index contributed by atoms with van der Waals surface area (Å²) in [7, 11) is 4.60. The summed E-state index contributed by atoms with van der Waals surface area (Å²) in [6, 6.07) is 10.5. The molecule has 7 heteroatoms. The number of carbonyl (C=O) groups is 2. The SMILES string of the molecule is CCNC(=O)C1Cc2ccccc2N1C(=O)C=Cc1cc(OC)c(OC)c(OC)c1. The van der Waals surface area contributed by atoms with Crippen molar-refractivity contribution in [1.82, 2.24) is 5.32 Å². The van der Waals surface area contributed by atoms with Crippen molar-refractivity contribution in [2.24, 2.45) is 0 Å². The van der Waals surface area contributed by atoms with Crippen molar-refractivity contribution >= 4 is 23.6 Å². The van der Waals surface area contributed by atoms with Gasteiger partial charge in [0.1, 0.15) is 6.04 Å². The van der Waals surface area contributed by atoms with E-state index in [0.717, 1.165) is 11.3 Å². The maximum absolute atomic E-state index is 13.1. The smallest absolute Gasteiger partial charge is 0.251 e. The van der Waals surface area contributed by atoms with Gasteiger partial charge in [0.15, 0.2) is 11.5 Å². The number of hydrogen-bond acceptors (Lipinski definition) is 5. The van der Waals surface area contributed by atoms with E-state index in [4.69, 9.17) is 14.2 Å². The number of nitrogens with one attached hydrogen (secondary N) is 1. The van der Waals surface area contributed by atoms with Crippen LogP contribution in [0.15, 0.2) is 42.5 Å². The van der Waals surface area contributed by atoms with Crippen molar-refractivity contribution < 1.29 is 23.8 Å². The van der Waals surface area contributed by atoms with E-state index in [1.54, 1.807) is 23.1 Å². The standard InChI is InChI=1S/C23H26N2O5/c1-5-24-23(27)18-14-16-8-6-7-9-17(16)25(18)21(26)11-10-15-12-19(28-2)22(30-4)20(13-15)29-3/h6-13,18H,5,14H2,1-4H3,(H,24,27). The highest BCUT2D eigenvalue weighted by molar-refractivity contribution is 6.10. The Morgan fingerprint density at radius 3 is 2.37 bits per heavy atom. The number of carbonyl (C=O) groups excluding carboxylic acids is 2. The molecule has 0 aromatic heterocycles. The Hall–Kier alpha value is -3.48. The fraction of sp³-hybridized carbons (Fsp3) is 0.304. The fourth-order valence-electron chi connectivity index (χ4n) is 3.61. The quantitative estimate of drug-likeness (QED) is 0.711. The van der Waals surface area contributed by atoms with Crippen molar-refractivity contribution in [2.75, 3.05) is 32.8 Å². The number of likely N-dealkylation sites (N-methyl/N-ethyl adjacent to an activating group) is 1. The molecule has 1 aliphatic heterocycles. The summed E-state index contributed by atoms with van der Waals surface area (Å²) < 4.78 is 16.1. The number of ether oxygens (including phenoxy) is 3. The molecule has 0 saturated heterocycles. The lowest BCUT2D eigenvalue weighted by Gasteiger charge is -2.23. The summed E-state index contributed by atoms with van der Waals surface area (Å²) in [4.78, 5) is 27.2. The molecular weight excluding hydrogens is 384 g/mol. The number of para-hydroxylation sites is 1. The molecule has 0 saturated carbocycles. The normalized spacial score (nSPS) is 15.1. The second-order valence-electron chi connectivity index (χ2n) is 6.74. The molecule has 1 N–H and O–H groups in total. The maximum Gasteiger partial charge on any atom is 0.251 e. The highest BCUT2D eigenvalue weighted by atomic mass is 16.5. The fourth-order valence-corrected chi connectivity index (χ4v) is 3.61. The van der Waals surface area contributed by atoms with Gasteiger partial charge in [-0.3, -0.25) is 14.5 Å². The van der Waals surface area contributed by atoms with Gasteiger partial charge in [0.05, 0.1) is 21.3 Å². The summed E-state index contributed by atoms with van der Waals surface area (Å²) in [5, 5.41) is 2.82. The van der Waals surface area contributed by atoms with Gasteiger partial charge in [-0.05, 0) is 42.3 Å². The molecule has 1 unspecified atom stereocenters. The highest BCUT2D eigenvalue weighted by Gasteiger charge is 2.37. The number of amides is 2. The topological polar surface area (TPSA) is 77.1 Å². The number of nitrogens with zero attached hydrogens (tertiary/aromatic N) is 1. The van der Waals surface area contributed by atoms with Gasteiger partial charge in [-0.1, -0.05) is 18.2 Å². The maximum atomic E-state index is 13.1. The van der Waals surface area contributed by atoms with Crippen molar-refractivity contribution in [1.29, 1.82) is 0 Å². The minimum atomic E-state index is -0.570. The van der Waals surface area contributed by atoms with Crippen molar-refractivity contribution in [2.45, 2.75) is 19.4 Å². The first-order valence-corrected chi connectivity index (χ1v) is 9.70. The van der Waals surface area contributed by atoms with E-state index in [1.165, 1.54) is 27.4 Å². The van der Waals surface area contributed by atoms with E-state index < -0.39 is 6.04 Å². The third-order valence-corrected chi connectivity index (χ3v) is 4.97. The predicted octanol–water partition coefficient (Wildman–Crippen LogP) is 2.82. The first-order chi connectivity index (χ1) is 14.5. The number of anilines is 1. The van der Waals surface area contributed by atoms with Gasteiger partial charge in [-0.2, -0.15) is 0 Å². The molecular formula is C23H26N2O5. The summed E-state index contributed by atoms with van der Waals surface area (Å²) in [5.41, 5.74) is 2.44. The summed E-state index contributed by atoms with van der Waals surface area (Å²) in [5.74, 6) is 1.03. The van der Waals surface area contributed by atoms with Crippen LogP contribution < -0.4 is 24.4 Å². The number of hydrogen-bond donors (Lipinski definition) is 1. The Morgan fingerprint density at radius 1 is 1.10 bits per heavy atom. The zero-order chi connectivity index (χ0) is 21.7. The van der Waals surface area contributed by atoms with Crippen molar-refractivity contribution in [3.05, 3.63) is 53.6 Å². The molecule has 1 aliphatic rings. The first kappa shape index (κ1) is 21.2. The van der Waals surface area contributed by atoms with Gasteiger partial charge in [-0.25, -0.2) is 0 Å². The zero-order valence-corrected chi connectivity index (χ0v) is 17.6. The van der Waals surface area contributed by atoms with Crippen LogP contribution in [0.4, 0.5) is 5.69 Å². The Morgan fingerprint density at radius 2 is 1.77 bits per heavy atom.